The average Bonchev–Trinajstić information content (AvgIpc) is 3.23. The van der Waals surface area contributed by atoms with Crippen LogP contribution in [-0.4, -0.2) is 18.2 Å². The van der Waals surface area contributed by atoms with Gasteiger partial charge in [-0.05, 0) is 62.1 Å². The minimum Gasteiger partial charge on any atom is -0.389 e. The fourth-order valence-electron chi connectivity index (χ4n) is 2.53. The third-order valence-corrected chi connectivity index (χ3v) is 4.45. The molecule has 0 heterocycles. The Labute approximate surface area is 120 Å². The fraction of sp³-hybridized carbons (Fsp3) is 0.625. The Morgan fingerprint density at radius 2 is 1.79 bits per heavy atom. The lowest BCUT2D eigenvalue weighted by Gasteiger charge is -2.26. The number of anilines is 1. The van der Waals surface area contributed by atoms with E-state index in [0.29, 0.717) is 0 Å². The number of hydrogen-bond donors (Lipinski definition) is 1. The van der Waals surface area contributed by atoms with Crippen LogP contribution in [0.5, 0.6) is 0 Å². The summed E-state index contributed by atoms with van der Waals surface area (Å²) in [6.45, 7) is 4.06. The third-order valence-electron chi connectivity index (χ3n) is 4.15. The van der Waals surface area contributed by atoms with E-state index in [4.69, 9.17) is 11.6 Å². The van der Waals surface area contributed by atoms with Crippen molar-refractivity contribution < 1.29 is 5.11 Å². The largest absolute Gasteiger partial charge is 0.389 e. The molecule has 0 saturated heterocycles. The molecule has 0 unspecified atom stereocenters. The number of aliphatic hydroxyl groups is 1. The summed E-state index contributed by atoms with van der Waals surface area (Å²) in [5, 5.41) is 10.4. The summed E-state index contributed by atoms with van der Waals surface area (Å²) in [4.78, 5) is 2.46. The predicted octanol–water partition coefficient (Wildman–Crippen LogP) is 4.02. The van der Waals surface area contributed by atoms with Gasteiger partial charge in [0.25, 0.3) is 0 Å². The van der Waals surface area contributed by atoms with Crippen molar-refractivity contribution >= 4 is 17.3 Å². The summed E-state index contributed by atoms with van der Waals surface area (Å²) in [6, 6.07) is 5.99. The summed E-state index contributed by atoms with van der Waals surface area (Å²) in [7, 11) is 0. The lowest BCUT2D eigenvalue weighted by molar-refractivity contribution is 0.199. The Kier molecular flexibility index (Phi) is 3.72. The number of hydrogen-bond acceptors (Lipinski definition) is 2. The molecule has 3 rings (SSSR count). The first-order valence-electron chi connectivity index (χ1n) is 7.36. The Morgan fingerprint density at radius 1 is 1.21 bits per heavy atom. The molecule has 1 N–H and O–H groups in total. The summed E-state index contributed by atoms with van der Waals surface area (Å²) in [5.74, 6) is 1.73. The van der Waals surface area contributed by atoms with E-state index in [1.165, 1.54) is 25.7 Å². The second kappa shape index (κ2) is 5.34. The van der Waals surface area contributed by atoms with Gasteiger partial charge in [-0.3, -0.25) is 0 Å². The van der Waals surface area contributed by atoms with Crippen LogP contribution in [0.25, 0.3) is 0 Å². The maximum absolute atomic E-state index is 9.62. The quantitative estimate of drug-likeness (QED) is 0.850. The van der Waals surface area contributed by atoms with Gasteiger partial charge < -0.3 is 10.0 Å². The molecule has 1 aromatic rings. The minimum atomic E-state index is -0.452. The molecule has 0 amide bonds. The van der Waals surface area contributed by atoms with Crippen LogP contribution in [0.3, 0.4) is 0 Å². The van der Waals surface area contributed by atoms with Crippen molar-refractivity contribution in [2.24, 2.45) is 11.8 Å². The van der Waals surface area contributed by atoms with Crippen molar-refractivity contribution in [1.29, 1.82) is 0 Å². The first-order valence-corrected chi connectivity index (χ1v) is 7.73. The van der Waals surface area contributed by atoms with Gasteiger partial charge in [-0.15, -0.1) is 0 Å². The highest BCUT2D eigenvalue weighted by Crippen LogP contribution is 2.38. The van der Waals surface area contributed by atoms with E-state index in [0.717, 1.165) is 41.2 Å². The Hall–Kier alpha value is -0.730. The maximum atomic E-state index is 9.62. The van der Waals surface area contributed by atoms with Crippen molar-refractivity contribution in [2.75, 3.05) is 18.0 Å². The van der Waals surface area contributed by atoms with Gasteiger partial charge in [0.2, 0.25) is 0 Å². The Balaban J connectivity index is 1.79. The zero-order valence-electron chi connectivity index (χ0n) is 11.5. The van der Waals surface area contributed by atoms with E-state index in [1.807, 2.05) is 12.1 Å². The zero-order valence-corrected chi connectivity index (χ0v) is 12.2. The molecule has 0 radical (unpaired) electrons. The van der Waals surface area contributed by atoms with Crippen LogP contribution >= 0.6 is 11.6 Å². The van der Waals surface area contributed by atoms with E-state index in [2.05, 4.69) is 11.0 Å². The molecule has 2 nitrogen and oxygen atoms in total. The van der Waals surface area contributed by atoms with Crippen LogP contribution in [0.2, 0.25) is 5.02 Å². The third kappa shape index (κ3) is 3.43. The molecule has 2 aliphatic rings. The molecule has 0 bridgehead atoms. The van der Waals surface area contributed by atoms with Gasteiger partial charge >= 0.3 is 0 Å². The smallest absolute Gasteiger partial charge is 0.0762 e. The van der Waals surface area contributed by atoms with Gasteiger partial charge in [-0.25, -0.2) is 0 Å². The van der Waals surface area contributed by atoms with E-state index in [1.54, 1.807) is 6.92 Å². The number of halogens is 1. The van der Waals surface area contributed by atoms with Gasteiger partial charge in [-0.1, -0.05) is 17.7 Å². The maximum Gasteiger partial charge on any atom is 0.0762 e. The van der Waals surface area contributed by atoms with E-state index in [9.17, 15) is 5.11 Å². The normalized spacial score (nSPS) is 20.4. The molecule has 0 aromatic heterocycles. The van der Waals surface area contributed by atoms with Gasteiger partial charge in [0.15, 0.2) is 0 Å². The highest BCUT2D eigenvalue weighted by molar-refractivity contribution is 6.33. The second-order valence-electron chi connectivity index (χ2n) is 6.18. The molecule has 0 aliphatic heterocycles. The Morgan fingerprint density at radius 3 is 2.21 bits per heavy atom. The first-order chi connectivity index (χ1) is 9.13. The van der Waals surface area contributed by atoms with Gasteiger partial charge in [0, 0.05) is 13.1 Å². The van der Waals surface area contributed by atoms with Gasteiger partial charge in [0.1, 0.15) is 0 Å². The van der Waals surface area contributed by atoms with E-state index < -0.39 is 6.10 Å². The molecule has 2 saturated carbocycles. The molecule has 2 aliphatic carbocycles. The highest BCUT2D eigenvalue weighted by atomic mass is 35.5. The lowest BCUT2D eigenvalue weighted by Crippen LogP contribution is -2.28. The number of aliphatic hydroxyl groups excluding tert-OH is 1. The molecular formula is C16H22ClNO. The van der Waals surface area contributed by atoms with Crippen LogP contribution in [0, 0.1) is 11.8 Å². The molecule has 104 valence electrons. The van der Waals surface area contributed by atoms with Crippen molar-refractivity contribution in [3.8, 4) is 0 Å². The second-order valence-corrected chi connectivity index (χ2v) is 6.59. The fourth-order valence-corrected chi connectivity index (χ4v) is 2.84. The molecule has 3 heteroatoms. The van der Waals surface area contributed by atoms with Crippen LogP contribution < -0.4 is 4.90 Å². The zero-order chi connectivity index (χ0) is 13.4. The Bertz CT molecular complexity index is 438. The molecule has 2 fully saturated rings. The molecule has 1 aromatic carbocycles. The van der Waals surface area contributed by atoms with Crippen LogP contribution in [0.4, 0.5) is 5.69 Å². The molecular weight excluding hydrogens is 258 g/mol. The number of nitrogens with zero attached hydrogens (tertiary/aromatic N) is 1. The number of rotatable bonds is 6. The topological polar surface area (TPSA) is 23.5 Å². The monoisotopic (exact) mass is 279 g/mol. The summed E-state index contributed by atoms with van der Waals surface area (Å²) in [5.41, 5.74) is 2.04. The first kappa shape index (κ1) is 13.3. The minimum absolute atomic E-state index is 0.452. The van der Waals surface area contributed by atoms with Gasteiger partial charge in [-0.2, -0.15) is 0 Å². The van der Waals surface area contributed by atoms with Crippen LogP contribution in [0.1, 0.15) is 44.3 Å². The highest BCUT2D eigenvalue weighted by Gasteiger charge is 2.30. The van der Waals surface area contributed by atoms with Crippen molar-refractivity contribution in [3.05, 3.63) is 28.8 Å². The number of benzene rings is 1. The summed E-state index contributed by atoms with van der Waals surface area (Å²) in [6.07, 6.45) is 5.01. The molecule has 1 atom stereocenters. The predicted molar refractivity (Wildman–Crippen MR) is 79.7 cm³/mol. The van der Waals surface area contributed by atoms with E-state index in [-0.39, 0.29) is 0 Å². The lowest BCUT2D eigenvalue weighted by atomic mass is 10.1. The molecule has 19 heavy (non-hydrogen) atoms. The van der Waals surface area contributed by atoms with Crippen LogP contribution in [-0.2, 0) is 0 Å². The SMILES string of the molecule is C[C@@H](O)c1ccc(N(CC2CC2)CC2CC2)c(Cl)c1. The van der Waals surface area contributed by atoms with Crippen molar-refractivity contribution in [3.63, 3.8) is 0 Å². The van der Waals surface area contributed by atoms with Crippen molar-refractivity contribution in [1.82, 2.24) is 0 Å². The standard InChI is InChI=1S/C16H22ClNO/c1-11(19)14-6-7-16(15(17)8-14)18(9-12-2-3-12)10-13-4-5-13/h6-8,11-13,19H,2-5,9-10H2,1H3/t11-/m1/s1. The van der Waals surface area contributed by atoms with Crippen molar-refractivity contribution in [2.45, 2.75) is 38.7 Å². The van der Waals surface area contributed by atoms with E-state index >= 15 is 0 Å². The summed E-state index contributed by atoms with van der Waals surface area (Å²) >= 11 is 6.42. The average molecular weight is 280 g/mol. The summed E-state index contributed by atoms with van der Waals surface area (Å²) < 4.78 is 0. The van der Waals surface area contributed by atoms with Gasteiger partial charge in [0.05, 0.1) is 16.8 Å². The van der Waals surface area contributed by atoms with Crippen LogP contribution in [0.15, 0.2) is 18.2 Å². The molecule has 0 spiro atoms.